The molecule has 5 unspecified atom stereocenters. The van der Waals surface area contributed by atoms with Gasteiger partial charge < -0.3 is 9.80 Å². The number of piperazine rings is 1. The minimum absolute atomic E-state index is 0.232. The van der Waals surface area contributed by atoms with E-state index in [1.807, 2.05) is 0 Å². The Morgan fingerprint density at radius 2 is 2.00 bits per heavy atom. The lowest BCUT2D eigenvalue weighted by atomic mass is 9.81. The number of amides is 1. The van der Waals surface area contributed by atoms with Gasteiger partial charge in [-0.25, -0.2) is 5.43 Å². The Morgan fingerprint density at radius 1 is 1.14 bits per heavy atom. The number of nitrogens with one attached hydrogen (secondary N) is 2. The lowest BCUT2D eigenvalue weighted by Gasteiger charge is -2.44. The van der Waals surface area contributed by atoms with Gasteiger partial charge in [0, 0.05) is 56.2 Å². The molecule has 4 heterocycles. The van der Waals surface area contributed by atoms with Gasteiger partial charge in [0.1, 0.15) is 12.0 Å². The minimum Gasteiger partial charge on any atom is -0.365 e. The summed E-state index contributed by atoms with van der Waals surface area (Å²) >= 11 is 0. The zero-order chi connectivity index (χ0) is 24.8. The molecule has 6 rings (SSSR count). The van der Waals surface area contributed by atoms with Crippen LogP contribution in [0.1, 0.15) is 69.8 Å². The first-order chi connectivity index (χ1) is 17.5. The highest BCUT2D eigenvalue weighted by molar-refractivity contribution is 5.76. The number of carbonyl (C=O) groups is 1. The highest BCUT2D eigenvalue weighted by Gasteiger charge is 2.47. The number of aryl methyl sites for hydroxylation is 2. The van der Waals surface area contributed by atoms with Gasteiger partial charge in [-0.3, -0.25) is 19.7 Å². The molecule has 9 nitrogen and oxygen atoms in total. The van der Waals surface area contributed by atoms with Crippen LogP contribution < -0.4 is 20.7 Å². The van der Waals surface area contributed by atoms with E-state index in [4.69, 9.17) is 0 Å². The van der Waals surface area contributed by atoms with E-state index < -0.39 is 0 Å². The van der Waals surface area contributed by atoms with Gasteiger partial charge in [-0.05, 0) is 57.7 Å². The molecule has 1 saturated carbocycles. The van der Waals surface area contributed by atoms with Crippen molar-refractivity contribution in [1.82, 2.24) is 30.4 Å². The van der Waals surface area contributed by atoms with Crippen molar-refractivity contribution < 1.29 is 4.79 Å². The fraction of sp³-hybridized carbons (Fsp3) is 0.667. The Labute approximate surface area is 214 Å². The topological polar surface area (TPSA) is 81.6 Å². The van der Waals surface area contributed by atoms with E-state index in [0.717, 1.165) is 44.2 Å². The maximum absolute atomic E-state index is 13.1. The number of fused-ring (bicyclic) bond motifs is 6. The second-order valence-electron chi connectivity index (χ2n) is 11.2. The summed E-state index contributed by atoms with van der Waals surface area (Å²) in [4.78, 5) is 17.6. The Kier molecular flexibility index (Phi) is 6.37. The normalized spacial score (nSPS) is 29.6. The SMILES string of the molecule is Cc1cccc(N2CCN(C(=O)CCCc3nnc4n3C3CCCCC3C3NC(C)NN43)CC2C)c1. The van der Waals surface area contributed by atoms with E-state index in [0.29, 0.717) is 24.4 Å². The summed E-state index contributed by atoms with van der Waals surface area (Å²) in [6, 6.07) is 9.42. The highest BCUT2D eigenvalue weighted by Crippen LogP contribution is 2.44. The zero-order valence-electron chi connectivity index (χ0n) is 21.9. The number of rotatable bonds is 5. The first-order valence-electron chi connectivity index (χ1n) is 13.9. The van der Waals surface area contributed by atoms with Crippen molar-refractivity contribution in [2.45, 2.75) is 90.1 Å². The fourth-order valence-corrected chi connectivity index (χ4v) is 6.90. The molecule has 1 aliphatic carbocycles. The van der Waals surface area contributed by atoms with Crippen LogP contribution in [0.25, 0.3) is 0 Å². The molecule has 2 aromatic rings. The van der Waals surface area contributed by atoms with Crippen molar-refractivity contribution in [3.8, 4) is 0 Å². The van der Waals surface area contributed by atoms with E-state index >= 15 is 0 Å². The summed E-state index contributed by atoms with van der Waals surface area (Å²) in [5.41, 5.74) is 6.06. The molecule has 1 aromatic heterocycles. The third-order valence-electron chi connectivity index (χ3n) is 8.62. The van der Waals surface area contributed by atoms with Gasteiger partial charge in [0.15, 0.2) is 0 Å². The summed E-state index contributed by atoms with van der Waals surface area (Å²) in [7, 11) is 0. The van der Waals surface area contributed by atoms with Crippen LogP contribution in [0.5, 0.6) is 0 Å². The average Bonchev–Trinajstić information content (AvgIpc) is 3.47. The number of nitrogens with zero attached hydrogens (tertiary/aromatic N) is 6. The quantitative estimate of drug-likeness (QED) is 0.664. The molecule has 2 N–H and O–H groups in total. The molecule has 3 fully saturated rings. The molecule has 4 aliphatic rings. The first kappa shape index (κ1) is 23.7. The van der Waals surface area contributed by atoms with Crippen molar-refractivity contribution in [2.24, 2.45) is 5.92 Å². The van der Waals surface area contributed by atoms with Crippen LogP contribution in [-0.4, -0.2) is 63.6 Å². The van der Waals surface area contributed by atoms with Gasteiger partial charge in [0.2, 0.25) is 11.9 Å². The molecule has 1 aromatic carbocycles. The van der Waals surface area contributed by atoms with Gasteiger partial charge in [-0.1, -0.05) is 25.0 Å². The third kappa shape index (κ3) is 4.26. The summed E-state index contributed by atoms with van der Waals surface area (Å²) in [6.45, 7) is 8.96. The second-order valence-corrected chi connectivity index (χ2v) is 11.2. The summed E-state index contributed by atoms with van der Waals surface area (Å²) < 4.78 is 2.39. The van der Waals surface area contributed by atoms with Crippen LogP contribution in [0.3, 0.4) is 0 Å². The van der Waals surface area contributed by atoms with E-state index in [2.05, 4.69) is 85.4 Å². The lowest BCUT2D eigenvalue weighted by Crippen LogP contribution is -2.54. The molecule has 0 spiro atoms. The molecule has 9 heteroatoms. The zero-order valence-corrected chi connectivity index (χ0v) is 21.9. The van der Waals surface area contributed by atoms with Crippen LogP contribution >= 0.6 is 0 Å². The third-order valence-corrected chi connectivity index (χ3v) is 8.62. The van der Waals surface area contributed by atoms with Gasteiger partial charge in [0.05, 0.1) is 6.17 Å². The van der Waals surface area contributed by atoms with E-state index in [9.17, 15) is 4.79 Å². The Hall–Kier alpha value is -2.65. The Bertz CT molecular complexity index is 1100. The molecule has 36 heavy (non-hydrogen) atoms. The van der Waals surface area contributed by atoms with Gasteiger partial charge in [-0.15, -0.1) is 10.2 Å². The van der Waals surface area contributed by atoms with Gasteiger partial charge in [0.25, 0.3) is 0 Å². The van der Waals surface area contributed by atoms with E-state index in [1.165, 1.54) is 36.9 Å². The maximum Gasteiger partial charge on any atom is 0.243 e. The number of hydrazine groups is 1. The monoisotopic (exact) mass is 492 g/mol. The number of anilines is 2. The predicted molar refractivity (Wildman–Crippen MR) is 141 cm³/mol. The van der Waals surface area contributed by atoms with Crippen molar-refractivity contribution in [3.05, 3.63) is 35.7 Å². The van der Waals surface area contributed by atoms with Crippen LogP contribution in [-0.2, 0) is 11.2 Å². The largest absolute Gasteiger partial charge is 0.365 e. The van der Waals surface area contributed by atoms with Crippen LogP contribution in [0, 0.1) is 12.8 Å². The van der Waals surface area contributed by atoms with Crippen LogP contribution in [0.4, 0.5) is 11.6 Å². The number of aromatic nitrogens is 3. The second kappa shape index (κ2) is 9.67. The van der Waals surface area contributed by atoms with Crippen molar-refractivity contribution in [3.63, 3.8) is 0 Å². The fourth-order valence-electron chi connectivity index (χ4n) is 6.90. The summed E-state index contributed by atoms with van der Waals surface area (Å²) in [5.74, 6) is 2.79. The van der Waals surface area contributed by atoms with Crippen molar-refractivity contribution in [1.29, 1.82) is 0 Å². The van der Waals surface area contributed by atoms with Gasteiger partial charge >= 0.3 is 0 Å². The van der Waals surface area contributed by atoms with Crippen molar-refractivity contribution >= 4 is 17.5 Å². The summed E-state index contributed by atoms with van der Waals surface area (Å²) in [5, 5.41) is 15.1. The molecular formula is C27H40N8O. The average molecular weight is 493 g/mol. The number of hydrogen-bond acceptors (Lipinski definition) is 7. The minimum atomic E-state index is 0.232. The molecule has 0 bridgehead atoms. The summed E-state index contributed by atoms with van der Waals surface area (Å²) in [6.07, 6.45) is 7.66. The Balaban J connectivity index is 1.08. The van der Waals surface area contributed by atoms with Crippen molar-refractivity contribution in [2.75, 3.05) is 29.5 Å². The van der Waals surface area contributed by atoms with Crippen LogP contribution in [0.15, 0.2) is 24.3 Å². The van der Waals surface area contributed by atoms with Crippen LogP contribution in [0.2, 0.25) is 0 Å². The molecular weight excluding hydrogens is 452 g/mol. The first-order valence-corrected chi connectivity index (χ1v) is 13.9. The van der Waals surface area contributed by atoms with E-state index in [-0.39, 0.29) is 18.2 Å². The molecule has 3 aliphatic heterocycles. The predicted octanol–water partition coefficient (Wildman–Crippen LogP) is 2.98. The highest BCUT2D eigenvalue weighted by atomic mass is 16.2. The number of carbonyl (C=O) groups excluding carboxylic acids is 1. The maximum atomic E-state index is 13.1. The van der Waals surface area contributed by atoms with E-state index in [1.54, 1.807) is 0 Å². The smallest absolute Gasteiger partial charge is 0.243 e. The Morgan fingerprint density at radius 3 is 2.83 bits per heavy atom. The molecule has 5 atom stereocenters. The molecule has 0 radical (unpaired) electrons. The standard InChI is InChI=1S/C27H40N8O/c1-18-8-6-9-21(16-18)33-15-14-32(17-19(33)2)25(36)13-7-12-24-29-30-27-34(24)23-11-5-4-10-22(23)26-28-20(3)31-35(26)27/h6,8-9,16,19-20,22-23,26,28,31H,4-5,7,10-15,17H2,1-3H3. The molecule has 1 amide bonds. The molecule has 2 saturated heterocycles. The lowest BCUT2D eigenvalue weighted by molar-refractivity contribution is -0.132. The number of hydrogen-bond donors (Lipinski definition) is 2. The van der Waals surface area contributed by atoms with Gasteiger partial charge in [-0.2, -0.15) is 0 Å². The number of benzene rings is 1. The molecule has 194 valence electrons.